The zero-order chi connectivity index (χ0) is 20.1. The fraction of sp³-hybridized carbons (Fsp3) is 0.550. The molecule has 1 N–H and O–H groups in total. The van der Waals surface area contributed by atoms with Gasteiger partial charge in [0.25, 0.3) is 5.91 Å². The highest BCUT2D eigenvalue weighted by Crippen LogP contribution is 2.28. The first kappa shape index (κ1) is 20.1. The average Bonchev–Trinajstić information content (AvgIpc) is 3.18. The number of methoxy groups -OCH3 is 2. The molecule has 1 aliphatic rings. The van der Waals surface area contributed by atoms with E-state index < -0.39 is 0 Å². The van der Waals surface area contributed by atoms with E-state index in [-0.39, 0.29) is 18.0 Å². The number of piperidine rings is 1. The van der Waals surface area contributed by atoms with Gasteiger partial charge in [-0.05, 0) is 44.9 Å². The van der Waals surface area contributed by atoms with Gasteiger partial charge in [-0.25, -0.2) is 4.68 Å². The van der Waals surface area contributed by atoms with E-state index in [4.69, 9.17) is 9.47 Å². The Kier molecular flexibility index (Phi) is 6.51. The van der Waals surface area contributed by atoms with Crippen molar-refractivity contribution < 1.29 is 14.3 Å². The van der Waals surface area contributed by atoms with Crippen LogP contribution < -0.4 is 14.8 Å². The van der Waals surface area contributed by atoms with Gasteiger partial charge in [-0.15, -0.1) is 5.10 Å². The molecule has 1 amide bonds. The number of nitrogens with zero attached hydrogens (tertiary/aromatic N) is 4. The molecule has 152 valence electrons. The molecule has 1 fully saturated rings. The predicted molar refractivity (Wildman–Crippen MR) is 106 cm³/mol. The number of ether oxygens (including phenoxy) is 2. The van der Waals surface area contributed by atoms with Gasteiger partial charge in [0, 0.05) is 31.2 Å². The summed E-state index contributed by atoms with van der Waals surface area (Å²) in [7, 11) is 3.36. The van der Waals surface area contributed by atoms with E-state index in [0.29, 0.717) is 5.69 Å². The van der Waals surface area contributed by atoms with Crippen molar-refractivity contribution in [3.05, 3.63) is 35.7 Å². The Balaban J connectivity index is 1.58. The summed E-state index contributed by atoms with van der Waals surface area (Å²) in [5, 5.41) is 11.1. The number of carbonyl (C=O) groups excluding carboxylic acids is 1. The zero-order valence-electron chi connectivity index (χ0n) is 17.0. The second-order valence-corrected chi connectivity index (χ2v) is 7.40. The molecule has 0 radical (unpaired) electrons. The van der Waals surface area contributed by atoms with Crippen molar-refractivity contribution in [2.24, 2.45) is 0 Å². The molecule has 28 heavy (non-hydrogen) atoms. The van der Waals surface area contributed by atoms with Crippen LogP contribution in [0.3, 0.4) is 0 Å². The Morgan fingerprint density at radius 3 is 2.64 bits per heavy atom. The van der Waals surface area contributed by atoms with Gasteiger partial charge in [-0.1, -0.05) is 5.21 Å². The molecule has 0 saturated carbocycles. The maximum absolute atomic E-state index is 12.1. The molecule has 0 atom stereocenters. The van der Waals surface area contributed by atoms with E-state index in [1.807, 2.05) is 36.7 Å². The quantitative estimate of drug-likeness (QED) is 0.785. The van der Waals surface area contributed by atoms with Crippen molar-refractivity contribution in [3.63, 3.8) is 0 Å². The van der Waals surface area contributed by atoms with Gasteiger partial charge in [0.2, 0.25) is 0 Å². The van der Waals surface area contributed by atoms with Crippen LogP contribution in [0.2, 0.25) is 0 Å². The molecule has 2 heterocycles. The van der Waals surface area contributed by atoms with Gasteiger partial charge >= 0.3 is 0 Å². The minimum Gasteiger partial charge on any atom is -0.497 e. The van der Waals surface area contributed by atoms with Crippen LogP contribution in [0.25, 0.3) is 0 Å². The molecule has 1 aromatic carbocycles. The number of amides is 1. The zero-order valence-corrected chi connectivity index (χ0v) is 17.0. The van der Waals surface area contributed by atoms with Gasteiger partial charge in [-0.2, -0.15) is 0 Å². The largest absolute Gasteiger partial charge is 0.497 e. The lowest BCUT2D eigenvalue weighted by Crippen LogP contribution is -2.34. The molecule has 0 spiro atoms. The number of hydrogen-bond acceptors (Lipinski definition) is 6. The molecular weight excluding hydrogens is 358 g/mol. The smallest absolute Gasteiger partial charge is 0.273 e. The first-order valence-corrected chi connectivity index (χ1v) is 9.66. The highest BCUT2D eigenvalue weighted by Gasteiger charge is 2.23. The summed E-state index contributed by atoms with van der Waals surface area (Å²) in [5.74, 6) is 1.53. The Morgan fingerprint density at radius 1 is 1.25 bits per heavy atom. The summed E-state index contributed by atoms with van der Waals surface area (Å²) in [4.78, 5) is 14.5. The van der Waals surface area contributed by atoms with Crippen molar-refractivity contribution in [1.82, 2.24) is 25.2 Å². The second kappa shape index (κ2) is 9.05. The molecule has 8 nitrogen and oxygen atoms in total. The minimum atomic E-state index is -0.177. The first-order valence-electron chi connectivity index (χ1n) is 9.66. The highest BCUT2D eigenvalue weighted by molar-refractivity contribution is 5.91. The van der Waals surface area contributed by atoms with E-state index in [2.05, 4.69) is 20.5 Å². The first-order chi connectivity index (χ1) is 13.5. The summed E-state index contributed by atoms with van der Waals surface area (Å²) in [6.07, 6.45) is 3.67. The number of carbonyl (C=O) groups is 1. The van der Waals surface area contributed by atoms with Crippen LogP contribution in [0, 0.1) is 0 Å². The third-order valence-corrected chi connectivity index (χ3v) is 4.98. The van der Waals surface area contributed by atoms with Crippen molar-refractivity contribution in [2.45, 2.75) is 45.3 Å². The fourth-order valence-electron chi connectivity index (χ4n) is 3.48. The average molecular weight is 387 g/mol. The van der Waals surface area contributed by atoms with E-state index in [1.54, 1.807) is 20.4 Å². The van der Waals surface area contributed by atoms with E-state index in [1.165, 1.54) is 0 Å². The molecular formula is C20H29N5O3. The Bertz CT molecular complexity index is 797. The predicted octanol–water partition coefficient (Wildman–Crippen LogP) is 2.27. The lowest BCUT2D eigenvalue weighted by atomic mass is 10.0. The Morgan fingerprint density at radius 2 is 2.00 bits per heavy atom. The lowest BCUT2D eigenvalue weighted by molar-refractivity contribution is 0.0938. The minimum absolute atomic E-state index is 0.0782. The normalized spacial score (nSPS) is 15.6. The van der Waals surface area contributed by atoms with Crippen LogP contribution in [0.15, 0.2) is 24.4 Å². The SMILES string of the molecule is COc1ccc(OC)c(CN2CCC(n3cc(C(=O)NC(C)C)nn3)CC2)c1. The monoisotopic (exact) mass is 387 g/mol. The van der Waals surface area contributed by atoms with Gasteiger partial charge in [0.15, 0.2) is 5.69 Å². The summed E-state index contributed by atoms with van der Waals surface area (Å²) < 4.78 is 12.7. The number of aromatic nitrogens is 3. The summed E-state index contributed by atoms with van der Waals surface area (Å²) in [5.41, 5.74) is 1.49. The van der Waals surface area contributed by atoms with E-state index in [0.717, 1.165) is 49.5 Å². The van der Waals surface area contributed by atoms with Crippen molar-refractivity contribution in [1.29, 1.82) is 0 Å². The number of hydrogen-bond donors (Lipinski definition) is 1. The number of likely N-dealkylation sites (tertiary alicyclic amines) is 1. The van der Waals surface area contributed by atoms with Crippen LogP contribution in [0.4, 0.5) is 0 Å². The van der Waals surface area contributed by atoms with Crippen molar-refractivity contribution >= 4 is 5.91 Å². The third-order valence-electron chi connectivity index (χ3n) is 4.98. The molecule has 8 heteroatoms. The molecule has 0 bridgehead atoms. The van der Waals surface area contributed by atoms with E-state index >= 15 is 0 Å². The molecule has 1 aromatic heterocycles. The van der Waals surface area contributed by atoms with Crippen LogP contribution in [0.5, 0.6) is 11.5 Å². The van der Waals surface area contributed by atoms with Crippen molar-refractivity contribution in [2.75, 3.05) is 27.3 Å². The lowest BCUT2D eigenvalue weighted by Gasteiger charge is -2.32. The molecule has 1 aliphatic heterocycles. The van der Waals surface area contributed by atoms with E-state index in [9.17, 15) is 4.79 Å². The fourth-order valence-corrected chi connectivity index (χ4v) is 3.48. The van der Waals surface area contributed by atoms with Crippen LogP contribution in [-0.2, 0) is 6.54 Å². The molecule has 0 aliphatic carbocycles. The molecule has 1 saturated heterocycles. The second-order valence-electron chi connectivity index (χ2n) is 7.40. The Hall–Kier alpha value is -2.61. The topological polar surface area (TPSA) is 81.5 Å². The Labute approximate surface area is 165 Å². The highest BCUT2D eigenvalue weighted by atomic mass is 16.5. The number of benzene rings is 1. The van der Waals surface area contributed by atoms with Crippen LogP contribution in [-0.4, -0.2) is 59.2 Å². The molecule has 2 aromatic rings. The summed E-state index contributed by atoms with van der Waals surface area (Å²) in [6, 6.07) is 6.22. The van der Waals surface area contributed by atoms with Gasteiger partial charge in [0.1, 0.15) is 11.5 Å². The maximum atomic E-state index is 12.1. The standard InChI is InChI=1S/C20H29N5O3/c1-14(2)21-20(26)18-13-25(23-22-18)16-7-9-24(10-8-16)12-15-11-17(27-3)5-6-19(15)28-4/h5-6,11,13-14,16H,7-10,12H2,1-4H3,(H,21,26). The number of rotatable bonds is 7. The summed E-state index contributed by atoms with van der Waals surface area (Å²) in [6.45, 7) is 6.55. The third kappa shape index (κ3) is 4.81. The van der Waals surface area contributed by atoms with Gasteiger partial charge < -0.3 is 14.8 Å². The maximum Gasteiger partial charge on any atom is 0.273 e. The molecule has 3 rings (SSSR count). The number of nitrogens with one attached hydrogen (secondary N) is 1. The van der Waals surface area contributed by atoms with Gasteiger partial charge in [0.05, 0.1) is 26.5 Å². The van der Waals surface area contributed by atoms with Crippen molar-refractivity contribution in [3.8, 4) is 11.5 Å². The van der Waals surface area contributed by atoms with Gasteiger partial charge in [-0.3, -0.25) is 9.69 Å². The summed E-state index contributed by atoms with van der Waals surface area (Å²) >= 11 is 0. The van der Waals surface area contributed by atoms with Crippen LogP contribution in [0.1, 0.15) is 48.8 Å². The van der Waals surface area contributed by atoms with Crippen LogP contribution >= 0.6 is 0 Å². The molecule has 0 unspecified atom stereocenters.